The van der Waals surface area contributed by atoms with Gasteiger partial charge < -0.3 is 19.7 Å². The van der Waals surface area contributed by atoms with E-state index >= 15 is 0 Å². The molecule has 0 atom stereocenters. The second-order valence-electron chi connectivity index (χ2n) is 6.41. The Morgan fingerprint density at radius 3 is 2.32 bits per heavy atom. The minimum Gasteiger partial charge on any atom is -0.490 e. The quantitative estimate of drug-likeness (QED) is 0.632. The molecule has 0 saturated carbocycles. The van der Waals surface area contributed by atoms with Crippen LogP contribution in [0.1, 0.15) is 32.3 Å². The zero-order chi connectivity index (χ0) is 20.4. The van der Waals surface area contributed by atoms with Crippen LogP contribution in [0.15, 0.2) is 48.5 Å². The summed E-state index contributed by atoms with van der Waals surface area (Å²) in [6.07, 6.45) is 0.926. The first-order valence-corrected chi connectivity index (χ1v) is 9.45. The fourth-order valence-corrected chi connectivity index (χ4v) is 2.62. The molecule has 2 aromatic carbocycles. The van der Waals surface area contributed by atoms with Crippen LogP contribution in [-0.2, 0) is 16.1 Å². The first kappa shape index (κ1) is 21.3. The van der Waals surface area contributed by atoms with E-state index in [0.29, 0.717) is 44.1 Å². The highest BCUT2D eigenvalue weighted by atomic mass is 16.5. The van der Waals surface area contributed by atoms with Crippen LogP contribution in [0.3, 0.4) is 0 Å². The van der Waals surface area contributed by atoms with Crippen molar-refractivity contribution in [3.05, 3.63) is 54.1 Å². The number of anilines is 1. The third kappa shape index (κ3) is 6.61. The van der Waals surface area contributed by atoms with Gasteiger partial charge in [-0.1, -0.05) is 30.3 Å². The van der Waals surface area contributed by atoms with E-state index in [1.807, 2.05) is 55.5 Å². The fraction of sp³-hybridized carbons (Fsp3) is 0.364. The van der Waals surface area contributed by atoms with E-state index in [9.17, 15) is 9.59 Å². The Kier molecular flexibility index (Phi) is 8.34. The van der Waals surface area contributed by atoms with E-state index in [0.717, 1.165) is 11.3 Å². The molecular weight excluding hydrogens is 356 g/mol. The summed E-state index contributed by atoms with van der Waals surface area (Å²) in [5.41, 5.74) is 1.62. The van der Waals surface area contributed by atoms with Gasteiger partial charge in [0.25, 0.3) is 0 Å². The average Bonchev–Trinajstić information content (AvgIpc) is 2.68. The minimum atomic E-state index is -0.0837. The lowest BCUT2D eigenvalue weighted by Crippen LogP contribution is -2.24. The highest BCUT2D eigenvalue weighted by Gasteiger charge is 2.10. The topological polar surface area (TPSA) is 67.9 Å². The van der Waals surface area contributed by atoms with Crippen molar-refractivity contribution in [3.8, 4) is 11.5 Å². The molecule has 1 N–H and O–H groups in total. The van der Waals surface area contributed by atoms with Gasteiger partial charge in [-0.05, 0) is 37.1 Å². The molecular formula is C22H28N2O4. The van der Waals surface area contributed by atoms with Crippen LogP contribution in [0.25, 0.3) is 0 Å². The number of ether oxygens (including phenoxy) is 2. The predicted octanol–water partition coefficient (Wildman–Crippen LogP) is 3.86. The van der Waals surface area contributed by atoms with Crippen molar-refractivity contribution >= 4 is 17.5 Å². The monoisotopic (exact) mass is 384 g/mol. The number of carbonyl (C=O) groups excluding carboxylic acids is 2. The van der Waals surface area contributed by atoms with Gasteiger partial charge in [0.15, 0.2) is 11.5 Å². The Hall–Kier alpha value is -3.02. The molecule has 0 bridgehead atoms. The molecule has 0 unspecified atom stereocenters. The Bertz CT molecular complexity index is 792. The summed E-state index contributed by atoms with van der Waals surface area (Å²) in [7, 11) is 1.73. The molecule has 28 heavy (non-hydrogen) atoms. The van der Waals surface area contributed by atoms with E-state index in [1.54, 1.807) is 11.9 Å². The van der Waals surface area contributed by atoms with Gasteiger partial charge in [-0.2, -0.15) is 0 Å². The molecule has 2 aromatic rings. The fourth-order valence-electron chi connectivity index (χ4n) is 2.62. The Morgan fingerprint density at radius 2 is 1.64 bits per heavy atom. The number of carbonyl (C=O) groups is 2. The van der Waals surface area contributed by atoms with E-state index in [-0.39, 0.29) is 11.8 Å². The summed E-state index contributed by atoms with van der Waals surface area (Å²) in [5.74, 6) is 1.28. The molecule has 2 amide bonds. The van der Waals surface area contributed by atoms with Crippen molar-refractivity contribution in [2.45, 2.75) is 33.2 Å². The van der Waals surface area contributed by atoms with Crippen LogP contribution < -0.4 is 14.8 Å². The van der Waals surface area contributed by atoms with Crippen molar-refractivity contribution in [3.63, 3.8) is 0 Å². The van der Waals surface area contributed by atoms with Crippen molar-refractivity contribution < 1.29 is 19.1 Å². The van der Waals surface area contributed by atoms with Gasteiger partial charge in [-0.15, -0.1) is 0 Å². The lowest BCUT2D eigenvalue weighted by Gasteiger charge is -2.18. The SMILES string of the molecule is CCOc1ccccc1OCCCC(=O)Nc1ccccc1CN(C)C(C)=O. The molecule has 2 rings (SSSR count). The summed E-state index contributed by atoms with van der Waals surface area (Å²) in [6, 6.07) is 15.0. The van der Waals surface area contributed by atoms with Crippen molar-refractivity contribution in [1.82, 2.24) is 4.90 Å². The highest BCUT2D eigenvalue weighted by Crippen LogP contribution is 2.26. The summed E-state index contributed by atoms with van der Waals surface area (Å²) in [6.45, 7) is 4.88. The maximum absolute atomic E-state index is 12.3. The summed E-state index contributed by atoms with van der Waals surface area (Å²) in [4.78, 5) is 25.4. The van der Waals surface area contributed by atoms with Crippen molar-refractivity contribution in [2.75, 3.05) is 25.6 Å². The molecule has 0 aliphatic carbocycles. The number of nitrogens with one attached hydrogen (secondary N) is 1. The molecule has 0 aliphatic heterocycles. The van der Waals surface area contributed by atoms with Crippen LogP contribution in [0.4, 0.5) is 5.69 Å². The third-order valence-corrected chi connectivity index (χ3v) is 4.19. The predicted molar refractivity (Wildman–Crippen MR) is 110 cm³/mol. The summed E-state index contributed by atoms with van der Waals surface area (Å²) in [5, 5.41) is 2.93. The van der Waals surface area contributed by atoms with Crippen LogP contribution in [0, 0.1) is 0 Å². The van der Waals surface area contributed by atoms with Gasteiger partial charge in [-0.25, -0.2) is 0 Å². The highest BCUT2D eigenvalue weighted by molar-refractivity contribution is 5.91. The van der Waals surface area contributed by atoms with Crippen molar-refractivity contribution in [1.29, 1.82) is 0 Å². The Labute approximate surface area is 166 Å². The molecule has 6 nitrogen and oxygen atoms in total. The molecule has 0 aliphatic rings. The Balaban J connectivity index is 1.83. The maximum Gasteiger partial charge on any atom is 0.224 e. The largest absolute Gasteiger partial charge is 0.490 e. The number of para-hydroxylation sites is 3. The molecule has 0 aromatic heterocycles. The number of benzene rings is 2. The standard InChI is InChI=1S/C22H28N2O4/c1-4-27-20-12-7-8-13-21(20)28-15-9-14-22(26)23-19-11-6-5-10-18(19)16-24(3)17(2)25/h5-8,10-13H,4,9,14-16H2,1-3H3,(H,23,26). The molecule has 0 radical (unpaired) electrons. The van der Waals surface area contributed by atoms with Crippen LogP contribution in [0.5, 0.6) is 11.5 Å². The average molecular weight is 384 g/mol. The molecule has 0 spiro atoms. The molecule has 0 heterocycles. The van der Waals surface area contributed by atoms with Gasteiger partial charge in [0.05, 0.1) is 13.2 Å². The number of hydrogen-bond acceptors (Lipinski definition) is 4. The summed E-state index contributed by atoms with van der Waals surface area (Å²) < 4.78 is 11.3. The van der Waals surface area contributed by atoms with Crippen LogP contribution in [0.2, 0.25) is 0 Å². The van der Waals surface area contributed by atoms with Gasteiger partial charge in [-0.3, -0.25) is 9.59 Å². The second kappa shape index (κ2) is 11.0. The van der Waals surface area contributed by atoms with Gasteiger partial charge in [0, 0.05) is 32.6 Å². The Morgan fingerprint density at radius 1 is 1.00 bits per heavy atom. The smallest absolute Gasteiger partial charge is 0.224 e. The zero-order valence-corrected chi connectivity index (χ0v) is 16.7. The number of nitrogens with zero attached hydrogens (tertiary/aromatic N) is 1. The molecule has 0 saturated heterocycles. The second-order valence-corrected chi connectivity index (χ2v) is 6.41. The molecule has 0 fully saturated rings. The summed E-state index contributed by atoms with van der Waals surface area (Å²) >= 11 is 0. The molecule has 6 heteroatoms. The van der Waals surface area contributed by atoms with Gasteiger partial charge in [0.1, 0.15) is 0 Å². The van der Waals surface area contributed by atoms with E-state index in [1.165, 1.54) is 6.92 Å². The number of hydrogen-bond donors (Lipinski definition) is 1. The lowest BCUT2D eigenvalue weighted by molar-refractivity contribution is -0.128. The van der Waals surface area contributed by atoms with Crippen molar-refractivity contribution in [2.24, 2.45) is 0 Å². The number of amides is 2. The minimum absolute atomic E-state index is 0.0226. The number of rotatable bonds is 10. The molecule has 150 valence electrons. The van der Waals surface area contributed by atoms with E-state index in [2.05, 4.69) is 5.32 Å². The first-order valence-electron chi connectivity index (χ1n) is 9.45. The maximum atomic E-state index is 12.3. The van der Waals surface area contributed by atoms with E-state index < -0.39 is 0 Å². The van der Waals surface area contributed by atoms with E-state index in [4.69, 9.17) is 9.47 Å². The lowest BCUT2D eigenvalue weighted by atomic mass is 10.1. The van der Waals surface area contributed by atoms with Crippen LogP contribution >= 0.6 is 0 Å². The normalized spacial score (nSPS) is 10.2. The first-order chi connectivity index (χ1) is 13.5. The van der Waals surface area contributed by atoms with Crippen LogP contribution in [-0.4, -0.2) is 37.0 Å². The van der Waals surface area contributed by atoms with Gasteiger partial charge in [0.2, 0.25) is 11.8 Å². The third-order valence-electron chi connectivity index (χ3n) is 4.19. The van der Waals surface area contributed by atoms with Gasteiger partial charge >= 0.3 is 0 Å². The zero-order valence-electron chi connectivity index (χ0n) is 16.7.